The molecule has 5 heteroatoms. The van der Waals surface area contributed by atoms with Crippen LogP contribution >= 0.6 is 15.9 Å². The molecule has 0 aliphatic rings. The quantitative estimate of drug-likeness (QED) is 0.940. The van der Waals surface area contributed by atoms with Crippen LogP contribution in [0, 0.1) is 6.92 Å². The SMILES string of the molecule is Cc1ccc(-c2c(Br)nc(CCN)n2C)o1. The van der Waals surface area contributed by atoms with E-state index < -0.39 is 0 Å². The first-order chi connectivity index (χ1) is 7.63. The Morgan fingerprint density at radius 3 is 2.81 bits per heavy atom. The number of aryl methyl sites for hydroxylation is 1. The Morgan fingerprint density at radius 2 is 2.25 bits per heavy atom. The highest BCUT2D eigenvalue weighted by atomic mass is 79.9. The maximum atomic E-state index is 5.60. The number of nitrogens with two attached hydrogens (primary N) is 1. The summed E-state index contributed by atoms with van der Waals surface area (Å²) < 4.78 is 8.41. The van der Waals surface area contributed by atoms with Crippen LogP contribution in [0.5, 0.6) is 0 Å². The van der Waals surface area contributed by atoms with E-state index in [-0.39, 0.29) is 0 Å². The maximum absolute atomic E-state index is 5.60. The molecule has 16 heavy (non-hydrogen) atoms. The first kappa shape index (κ1) is 11.4. The van der Waals surface area contributed by atoms with Crippen LogP contribution in [0.2, 0.25) is 0 Å². The molecule has 0 amide bonds. The molecule has 0 bridgehead atoms. The van der Waals surface area contributed by atoms with E-state index >= 15 is 0 Å². The van der Waals surface area contributed by atoms with Crippen molar-refractivity contribution >= 4 is 15.9 Å². The Kier molecular flexibility index (Phi) is 3.16. The van der Waals surface area contributed by atoms with Crippen molar-refractivity contribution in [3.8, 4) is 11.5 Å². The predicted octanol–water partition coefficient (Wildman–Crippen LogP) is 2.25. The minimum absolute atomic E-state index is 0.591. The molecule has 2 aromatic rings. The fraction of sp³-hybridized carbons (Fsp3) is 0.364. The zero-order valence-corrected chi connectivity index (χ0v) is 10.9. The number of hydrogen-bond acceptors (Lipinski definition) is 3. The second-order valence-electron chi connectivity index (χ2n) is 3.68. The molecule has 0 radical (unpaired) electrons. The second kappa shape index (κ2) is 4.43. The summed E-state index contributed by atoms with van der Waals surface area (Å²) >= 11 is 3.45. The molecule has 2 N–H and O–H groups in total. The van der Waals surface area contributed by atoms with Crippen molar-refractivity contribution in [3.63, 3.8) is 0 Å². The molecule has 86 valence electrons. The number of furan rings is 1. The van der Waals surface area contributed by atoms with E-state index in [4.69, 9.17) is 10.2 Å². The van der Waals surface area contributed by atoms with Crippen molar-refractivity contribution in [2.75, 3.05) is 6.54 Å². The van der Waals surface area contributed by atoms with Gasteiger partial charge in [-0.05, 0) is 41.5 Å². The summed E-state index contributed by atoms with van der Waals surface area (Å²) in [5.74, 6) is 2.67. The van der Waals surface area contributed by atoms with Crippen LogP contribution in [0.25, 0.3) is 11.5 Å². The Balaban J connectivity index is 2.48. The van der Waals surface area contributed by atoms with Gasteiger partial charge in [0.15, 0.2) is 5.76 Å². The molecule has 0 spiro atoms. The molecular formula is C11H14BrN3O. The van der Waals surface area contributed by atoms with Gasteiger partial charge in [-0.15, -0.1) is 0 Å². The normalized spacial score (nSPS) is 11.0. The first-order valence-electron chi connectivity index (χ1n) is 5.11. The van der Waals surface area contributed by atoms with Gasteiger partial charge < -0.3 is 14.7 Å². The van der Waals surface area contributed by atoms with Gasteiger partial charge in [-0.25, -0.2) is 4.98 Å². The van der Waals surface area contributed by atoms with Crippen LogP contribution in [-0.4, -0.2) is 16.1 Å². The summed E-state index contributed by atoms with van der Waals surface area (Å²) in [4.78, 5) is 4.43. The lowest BCUT2D eigenvalue weighted by atomic mass is 10.3. The van der Waals surface area contributed by atoms with E-state index in [1.807, 2.05) is 30.7 Å². The summed E-state index contributed by atoms with van der Waals surface area (Å²) in [7, 11) is 1.97. The van der Waals surface area contributed by atoms with Gasteiger partial charge in [0.25, 0.3) is 0 Å². The third-order valence-electron chi connectivity index (χ3n) is 2.49. The van der Waals surface area contributed by atoms with Crippen LogP contribution < -0.4 is 5.73 Å². The van der Waals surface area contributed by atoms with Crippen LogP contribution in [0.15, 0.2) is 21.2 Å². The third-order valence-corrected chi connectivity index (χ3v) is 3.04. The second-order valence-corrected chi connectivity index (χ2v) is 4.43. The number of nitrogens with zero attached hydrogens (tertiary/aromatic N) is 2. The zero-order valence-electron chi connectivity index (χ0n) is 9.33. The Morgan fingerprint density at radius 1 is 1.50 bits per heavy atom. The highest BCUT2D eigenvalue weighted by molar-refractivity contribution is 9.10. The van der Waals surface area contributed by atoms with Crippen LogP contribution in [0.4, 0.5) is 0 Å². The first-order valence-corrected chi connectivity index (χ1v) is 5.90. The number of hydrogen-bond donors (Lipinski definition) is 1. The Bertz CT molecular complexity index is 501. The third kappa shape index (κ3) is 1.92. The van der Waals surface area contributed by atoms with Crippen molar-refractivity contribution in [2.45, 2.75) is 13.3 Å². The molecule has 0 saturated heterocycles. The van der Waals surface area contributed by atoms with E-state index in [0.717, 1.165) is 34.1 Å². The summed E-state index contributed by atoms with van der Waals surface area (Å²) in [5.41, 5.74) is 6.49. The average Bonchev–Trinajstić information content (AvgIpc) is 2.74. The average molecular weight is 284 g/mol. The largest absolute Gasteiger partial charge is 0.460 e. The lowest BCUT2D eigenvalue weighted by Gasteiger charge is -2.02. The van der Waals surface area contributed by atoms with Crippen LogP contribution in [0.3, 0.4) is 0 Å². The molecule has 4 nitrogen and oxygen atoms in total. The minimum atomic E-state index is 0.591. The van der Waals surface area contributed by atoms with E-state index in [1.165, 1.54) is 0 Å². The van der Waals surface area contributed by atoms with Gasteiger partial charge in [0.2, 0.25) is 0 Å². The predicted molar refractivity (Wildman–Crippen MR) is 66.1 cm³/mol. The zero-order chi connectivity index (χ0) is 11.7. The molecule has 2 rings (SSSR count). The molecule has 2 aromatic heterocycles. The summed E-state index contributed by atoms with van der Waals surface area (Å²) in [6.07, 6.45) is 0.759. The topological polar surface area (TPSA) is 57.0 Å². The smallest absolute Gasteiger partial charge is 0.153 e. The van der Waals surface area contributed by atoms with Gasteiger partial charge in [-0.3, -0.25) is 0 Å². The van der Waals surface area contributed by atoms with E-state index in [2.05, 4.69) is 20.9 Å². The van der Waals surface area contributed by atoms with Gasteiger partial charge >= 0.3 is 0 Å². The molecule has 0 fully saturated rings. The van der Waals surface area contributed by atoms with Crippen LogP contribution in [0.1, 0.15) is 11.6 Å². The number of halogens is 1. The van der Waals surface area contributed by atoms with E-state index in [9.17, 15) is 0 Å². The molecule has 2 heterocycles. The molecule has 0 atom stereocenters. The summed E-state index contributed by atoms with van der Waals surface area (Å²) in [6.45, 7) is 2.52. The van der Waals surface area contributed by atoms with Crippen molar-refractivity contribution in [1.82, 2.24) is 9.55 Å². The monoisotopic (exact) mass is 283 g/mol. The number of rotatable bonds is 3. The molecule has 0 unspecified atom stereocenters. The van der Waals surface area contributed by atoms with E-state index in [0.29, 0.717) is 6.54 Å². The van der Waals surface area contributed by atoms with Gasteiger partial charge in [0.1, 0.15) is 21.9 Å². The summed E-state index contributed by atoms with van der Waals surface area (Å²) in [6, 6.07) is 3.89. The van der Waals surface area contributed by atoms with Gasteiger partial charge in [0.05, 0.1) is 0 Å². The maximum Gasteiger partial charge on any atom is 0.153 e. The van der Waals surface area contributed by atoms with Crippen LogP contribution in [-0.2, 0) is 13.5 Å². The van der Waals surface area contributed by atoms with Gasteiger partial charge in [0, 0.05) is 13.5 Å². The summed E-state index contributed by atoms with van der Waals surface area (Å²) in [5, 5.41) is 0. The molecule has 0 aliphatic heterocycles. The highest BCUT2D eigenvalue weighted by Gasteiger charge is 2.16. The Labute approximate surface area is 103 Å². The number of aromatic nitrogens is 2. The number of imidazole rings is 1. The molecular weight excluding hydrogens is 270 g/mol. The van der Waals surface area contributed by atoms with Crippen molar-refractivity contribution in [3.05, 3.63) is 28.3 Å². The van der Waals surface area contributed by atoms with Crippen molar-refractivity contribution in [1.29, 1.82) is 0 Å². The molecule has 0 aromatic carbocycles. The minimum Gasteiger partial charge on any atom is -0.460 e. The van der Waals surface area contributed by atoms with E-state index in [1.54, 1.807) is 0 Å². The molecule has 0 saturated carbocycles. The fourth-order valence-corrected chi connectivity index (χ4v) is 2.36. The standard InChI is InChI=1S/C11H14BrN3O/c1-7-3-4-8(16-7)10-11(12)14-9(5-6-13)15(10)2/h3-4H,5-6,13H2,1-2H3. The van der Waals surface area contributed by atoms with Gasteiger partial charge in [-0.2, -0.15) is 0 Å². The van der Waals surface area contributed by atoms with Crippen molar-refractivity contribution in [2.24, 2.45) is 12.8 Å². The highest BCUT2D eigenvalue weighted by Crippen LogP contribution is 2.29. The molecule has 0 aliphatic carbocycles. The lowest BCUT2D eigenvalue weighted by molar-refractivity contribution is 0.543. The van der Waals surface area contributed by atoms with Crippen molar-refractivity contribution < 1.29 is 4.42 Å². The fourth-order valence-electron chi connectivity index (χ4n) is 1.69. The Hall–Kier alpha value is -1.07. The lowest BCUT2D eigenvalue weighted by Crippen LogP contribution is -2.08. The van der Waals surface area contributed by atoms with Gasteiger partial charge in [-0.1, -0.05) is 0 Å².